The molecule has 0 aromatic heterocycles. The molecule has 1 heterocycles. The van der Waals surface area contributed by atoms with Crippen LogP contribution in [0.4, 0.5) is 0 Å². The number of hydrogen-bond donors (Lipinski definition) is 2. The van der Waals surface area contributed by atoms with Gasteiger partial charge in [-0.3, -0.25) is 4.79 Å². The van der Waals surface area contributed by atoms with E-state index in [0.717, 1.165) is 32.1 Å². The predicted molar refractivity (Wildman–Crippen MR) is 72.4 cm³/mol. The molecule has 2 fully saturated rings. The third-order valence-electron chi connectivity index (χ3n) is 4.25. The molecule has 2 aliphatic rings. The molecule has 1 aliphatic carbocycles. The molecule has 2 rings (SSSR count). The first-order valence-electron chi connectivity index (χ1n) is 7.16. The molecular weight excluding hydrogens is 266 g/mol. The van der Waals surface area contributed by atoms with E-state index in [1.807, 2.05) is 0 Å². The van der Waals surface area contributed by atoms with Crippen molar-refractivity contribution >= 4 is 15.7 Å². The van der Waals surface area contributed by atoms with Gasteiger partial charge in [0, 0.05) is 6.54 Å². The van der Waals surface area contributed by atoms with Gasteiger partial charge in [-0.2, -0.15) is 0 Å². The third kappa shape index (κ3) is 3.92. The summed E-state index contributed by atoms with van der Waals surface area (Å²) in [6, 6.07) is 0. The molecule has 6 heteroatoms. The summed E-state index contributed by atoms with van der Waals surface area (Å²) in [5.41, 5.74) is 0. The van der Waals surface area contributed by atoms with Gasteiger partial charge in [0.2, 0.25) is 5.91 Å². The minimum absolute atomic E-state index is 0.140. The lowest BCUT2D eigenvalue weighted by Gasteiger charge is -2.27. The van der Waals surface area contributed by atoms with Gasteiger partial charge < -0.3 is 10.4 Å². The molecule has 0 aromatic rings. The Morgan fingerprint density at radius 3 is 2.42 bits per heavy atom. The number of aliphatic hydroxyl groups excluding tert-OH is 1. The quantitative estimate of drug-likeness (QED) is 0.798. The zero-order valence-electron chi connectivity index (χ0n) is 11.2. The predicted octanol–water partition coefficient (Wildman–Crippen LogP) is 0.621. The first-order valence-corrected chi connectivity index (χ1v) is 8.88. The van der Waals surface area contributed by atoms with Crippen molar-refractivity contribution in [2.24, 2.45) is 5.92 Å². The summed E-state index contributed by atoms with van der Waals surface area (Å²) >= 11 is 0. The van der Waals surface area contributed by atoms with E-state index in [1.165, 1.54) is 0 Å². The molecule has 19 heavy (non-hydrogen) atoms. The van der Waals surface area contributed by atoms with Crippen LogP contribution in [-0.4, -0.2) is 43.1 Å². The van der Waals surface area contributed by atoms with Crippen LogP contribution in [0.5, 0.6) is 0 Å². The van der Waals surface area contributed by atoms with Crippen molar-refractivity contribution in [2.45, 2.75) is 56.3 Å². The molecule has 110 valence electrons. The lowest BCUT2D eigenvalue weighted by molar-refractivity contribution is -0.121. The average molecular weight is 289 g/mol. The van der Waals surface area contributed by atoms with Crippen LogP contribution in [0.25, 0.3) is 0 Å². The molecule has 1 amide bonds. The molecule has 0 radical (unpaired) electrons. The molecule has 2 N–H and O–H groups in total. The van der Waals surface area contributed by atoms with Gasteiger partial charge in [0.1, 0.15) is 5.25 Å². The van der Waals surface area contributed by atoms with E-state index < -0.39 is 15.1 Å². The Bertz CT molecular complexity index is 412. The third-order valence-corrected chi connectivity index (χ3v) is 6.43. The number of carbonyl (C=O) groups is 1. The summed E-state index contributed by atoms with van der Waals surface area (Å²) in [4.78, 5) is 12.0. The number of aliphatic hydroxyl groups is 1. The molecule has 1 saturated carbocycles. The maximum Gasteiger partial charge on any atom is 0.238 e. The fraction of sp³-hybridized carbons (Fsp3) is 0.923. The topological polar surface area (TPSA) is 83.5 Å². The van der Waals surface area contributed by atoms with Crippen molar-refractivity contribution < 1.29 is 18.3 Å². The van der Waals surface area contributed by atoms with Crippen molar-refractivity contribution in [3.05, 3.63) is 0 Å². The van der Waals surface area contributed by atoms with Crippen LogP contribution in [0.2, 0.25) is 0 Å². The van der Waals surface area contributed by atoms with Crippen LogP contribution in [-0.2, 0) is 14.6 Å². The van der Waals surface area contributed by atoms with Crippen LogP contribution in [0.15, 0.2) is 0 Å². The van der Waals surface area contributed by atoms with Crippen molar-refractivity contribution in [1.82, 2.24) is 5.32 Å². The number of sulfone groups is 1. The molecule has 1 unspecified atom stereocenters. The summed E-state index contributed by atoms with van der Waals surface area (Å²) in [7, 11) is -3.24. The molecule has 0 aromatic carbocycles. The van der Waals surface area contributed by atoms with E-state index in [2.05, 4.69) is 5.32 Å². The number of amides is 1. The van der Waals surface area contributed by atoms with Gasteiger partial charge >= 0.3 is 0 Å². The van der Waals surface area contributed by atoms with E-state index in [-0.39, 0.29) is 17.8 Å². The molecule has 1 saturated heterocycles. The largest absolute Gasteiger partial charge is 0.393 e. The van der Waals surface area contributed by atoms with Crippen LogP contribution in [0.1, 0.15) is 44.9 Å². The standard InChI is InChI=1S/C13H23NO4S/c15-11-6-4-10(5-7-11)9-14-13(16)12-3-1-2-8-19(12,17)18/h10-12,15H,1-9H2,(H,14,16). The molecule has 1 atom stereocenters. The first-order chi connectivity index (χ1) is 8.99. The maximum atomic E-state index is 12.0. The van der Waals surface area contributed by atoms with Crippen LogP contribution >= 0.6 is 0 Å². The van der Waals surface area contributed by atoms with Crippen LogP contribution < -0.4 is 5.32 Å². The smallest absolute Gasteiger partial charge is 0.238 e. The average Bonchev–Trinajstić information content (AvgIpc) is 2.37. The molecular formula is C13H23NO4S. The second-order valence-corrected chi connectivity index (χ2v) is 8.07. The maximum absolute atomic E-state index is 12.0. The Labute approximate surface area is 114 Å². The van der Waals surface area contributed by atoms with Gasteiger partial charge in [-0.25, -0.2) is 8.42 Å². The Kier molecular flexibility index (Phi) is 4.84. The van der Waals surface area contributed by atoms with E-state index in [1.54, 1.807) is 0 Å². The van der Waals surface area contributed by atoms with E-state index in [4.69, 9.17) is 0 Å². The fourth-order valence-corrected chi connectivity index (χ4v) is 4.78. The highest BCUT2D eigenvalue weighted by Gasteiger charge is 2.34. The lowest BCUT2D eigenvalue weighted by atomic mass is 9.87. The highest BCUT2D eigenvalue weighted by molar-refractivity contribution is 7.92. The Balaban J connectivity index is 1.81. The van der Waals surface area contributed by atoms with E-state index in [9.17, 15) is 18.3 Å². The van der Waals surface area contributed by atoms with Gasteiger partial charge in [0.25, 0.3) is 0 Å². The van der Waals surface area contributed by atoms with Crippen LogP contribution in [0, 0.1) is 5.92 Å². The van der Waals surface area contributed by atoms with Gasteiger partial charge in [0.05, 0.1) is 11.9 Å². The molecule has 5 nitrogen and oxygen atoms in total. The van der Waals surface area contributed by atoms with Gasteiger partial charge in [0.15, 0.2) is 9.84 Å². The summed E-state index contributed by atoms with van der Waals surface area (Å²) in [6.07, 6.45) is 5.10. The van der Waals surface area contributed by atoms with Crippen molar-refractivity contribution in [3.63, 3.8) is 0 Å². The summed E-state index contributed by atoms with van der Waals surface area (Å²) in [5.74, 6) is 0.185. The van der Waals surface area contributed by atoms with Crippen molar-refractivity contribution in [2.75, 3.05) is 12.3 Å². The summed E-state index contributed by atoms with van der Waals surface area (Å²) in [5, 5.41) is 11.4. The minimum atomic E-state index is -3.24. The summed E-state index contributed by atoms with van der Waals surface area (Å²) in [6.45, 7) is 0.539. The number of nitrogens with one attached hydrogen (secondary N) is 1. The first kappa shape index (κ1) is 14.8. The highest BCUT2D eigenvalue weighted by atomic mass is 32.2. The minimum Gasteiger partial charge on any atom is -0.393 e. The number of hydrogen-bond acceptors (Lipinski definition) is 4. The highest BCUT2D eigenvalue weighted by Crippen LogP contribution is 2.24. The SMILES string of the molecule is O=C(NCC1CCC(O)CC1)C1CCCCS1(=O)=O. The van der Waals surface area contributed by atoms with E-state index >= 15 is 0 Å². The zero-order valence-corrected chi connectivity index (χ0v) is 12.0. The Morgan fingerprint density at radius 2 is 1.79 bits per heavy atom. The van der Waals surface area contributed by atoms with Crippen molar-refractivity contribution in [3.8, 4) is 0 Å². The fourth-order valence-electron chi connectivity index (χ4n) is 2.96. The van der Waals surface area contributed by atoms with Gasteiger partial charge in [-0.1, -0.05) is 6.42 Å². The molecule has 1 aliphatic heterocycles. The zero-order chi connectivity index (χ0) is 13.9. The van der Waals surface area contributed by atoms with Crippen LogP contribution in [0.3, 0.4) is 0 Å². The van der Waals surface area contributed by atoms with E-state index in [0.29, 0.717) is 25.3 Å². The lowest BCUT2D eigenvalue weighted by Crippen LogP contribution is -2.44. The molecule has 0 bridgehead atoms. The molecule has 0 spiro atoms. The Morgan fingerprint density at radius 1 is 1.11 bits per heavy atom. The number of carbonyl (C=O) groups excluding carboxylic acids is 1. The van der Waals surface area contributed by atoms with Gasteiger partial charge in [-0.05, 0) is 44.4 Å². The Hall–Kier alpha value is -0.620. The second kappa shape index (κ2) is 6.22. The second-order valence-electron chi connectivity index (χ2n) is 5.77. The summed E-state index contributed by atoms with van der Waals surface area (Å²) < 4.78 is 23.6. The number of rotatable bonds is 3. The van der Waals surface area contributed by atoms with Gasteiger partial charge in [-0.15, -0.1) is 0 Å². The monoisotopic (exact) mass is 289 g/mol. The normalized spacial score (nSPS) is 34.7. The van der Waals surface area contributed by atoms with Crippen molar-refractivity contribution in [1.29, 1.82) is 0 Å².